The molecule has 43 heavy (non-hydrogen) atoms. The number of carbonyl (C=O) groups is 3. The molecule has 0 saturated carbocycles. The van der Waals surface area contributed by atoms with Crippen molar-refractivity contribution in [3.05, 3.63) is 49.6 Å². The number of ether oxygens (including phenoxy) is 2. The number of hydrogen-bond acceptors (Lipinski definition) is 7. The summed E-state index contributed by atoms with van der Waals surface area (Å²) in [6, 6.07) is 6.15. The van der Waals surface area contributed by atoms with Gasteiger partial charge in [-0.3, -0.25) is 14.4 Å². The Bertz CT molecular complexity index is 1170. The van der Waals surface area contributed by atoms with E-state index in [4.69, 9.17) is 9.47 Å². The van der Waals surface area contributed by atoms with E-state index in [0.717, 1.165) is 31.6 Å². The summed E-state index contributed by atoms with van der Waals surface area (Å²) < 4.78 is 12.3. The number of amides is 2. The lowest BCUT2D eigenvalue weighted by molar-refractivity contribution is -0.155. The number of halogens is 1. The van der Waals surface area contributed by atoms with E-state index in [9.17, 15) is 19.5 Å². The van der Waals surface area contributed by atoms with Gasteiger partial charge in [0.25, 0.3) is 5.91 Å². The highest BCUT2D eigenvalue weighted by atomic mass is 79.9. The lowest BCUT2D eigenvalue weighted by Gasteiger charge is -2.39. The molecular formula is C33H46BrN3O6. The first-order valence-corrected chi connectivity index (χ1v) is 16.5. The monoisotopic (exact) mass is 659 g/mol. The van der Waals surface area contributed by atoms with Gasteiger partial charge in [0, 0.05) is 35.8 Å². The second kappa shape index (κ2) is 14.4. The predicted molar refractivity (Wildman–Crippen MR) is 171 cm³/mol. The van der Waals surface area contributed by atoms with E-state index in [1.807, 2.05) is 37.3 Å². The number of anilines is 2. The number of fused-ring (bicyclic) bond motifs is 1. The molecule has 0 radical (unpaired) electrons. The van der Waals surface area contributed by atoms with Gasteiger partial charge in [0.15, 0.2) is 0 Å². The van der Waals surface area contributed by atoms with E-state index in [-0.39, 0.29) is 36.4 Å². The van der Waals surface area contributed by atoms with Crippen LogP contribution in [0.25, 0.3) is 0 Å². The maximum absolute atomic E-state index is 14.7. The molecule has 3 aliphatic heterocycles. The van der Waals surface area contributed by atoms with Gasteiger partial charge in [-0.15, -0.1) is 13.2 Å². The van der Waals surface area contributed by atoms with E-state index in [1.54, 1.807) is 11.0 Å². The number of carbonyl (C=O) groups excluding carboxylic acids is 3. The number of esters is 1. The molecule has 1 spiro atoms. The van der Waals surface area contributed by atoms with Gasteiger partial charge in [-0.1, -0.05) is 35.0 Å². The predicted octanol–water partition coefficient (Wildman–Crippen LogP) is 4.47. The molecule has 3 saturated heterocycles. The van der Waals surface area contributed by atoms with Crippen molar-refractivity contribution in [3.63, 3.8) is 0 Å². The van der Waals surface area contributed by atoms with Crippen molar-refractivity contribution in [3.8, 4) is 0 Å². The third-order valence-electron chi connectivity index (χ3n) is 9.22. The molecule has 3 unspecified atom stereocenters. The van der Waals surface area contributed by atoms with Crippen LogP contribution in [0.15, 0.2) is 49.6 Å². The van der Waals surface area contributed by atoms with Crippen LogP contribution in [0.1, 0.15) is 52.9 Å². The standard InChI is InChI=1S/C33H46BrN3O6/c1-6-11-12-13-19-42-32(41)26-27-30(39)37(22(8-3)21-38)29(33(27)20-25(34)28(26)43-33)31(40)36(18-7-2)24-16-14-23(15-17-24)35(9-4)10-5/h6-7,14-17,22,25-29,38H,1-2,8-13,18-21H2,3-5H3/t22-,25?,26-,27-,28-,29?,33?/m0/s1. The van der Waals surface area contributed by atoms with Crippen LogP contribution in [-0.4, -0.2) is 89.3 Å². The second-order valence-corrected chi connectivity index (χ2v) is 12.7. The molecule has 236 valence electrons. The van der Waals surface area contributed by atoms with Gasteiger partial charge in [0.2, 0.25) is 5.91 Å². The number of aliphatic hydroxyl groups excluding tert-OH is 1. The molecule has 1 aromatic carbocycles. The Labute approximate surface area is 264 Å². The molecule has 0 aliphatic carbocycles. The number of nitrogens with zero attached hydrogens (tertiary/aromatic N) is 3. The van der Waals surface area contributed by atoms with E-state index >= 15 is 0 Å². The smallest absolute Gasteiger partial charge is 0.312 e. The Morgan fingerprint density at radius 3 is 2.42 bits per heavy atom. The Hall–Kier alpha value is -2.69. The number of likely N-dealkylation sites (tertiary alicyclic amines) is 1. The molecule has 3 aliphatic rings. The van der Waals surface area contributed by atoms with E-state index in [1.165, 1.54) is 4.90 Å². The van der Waals surface area contributed by atoms with Crippen molar-refractivity contribution >= 4 is 45.1 Å². The summed E-state index contributed by atoms with van der Waals surface area (Å²) in [6.07, 6.45) is 6.08. The summed E-state index contributed by atoms with van der Waals surface area (Å²) in [5, 5.41) is 10.3. The van der Waals surface area contributed by atoms with Crippen LogP contribution in [0, 0.1) is 11.8 Å². The highest BCUT2D eigenvalue weighted by Crippen LogP contribution is 2.61. The first-order valence-electron chi connectivity index (χ1n) is 15.5. The van der Waals surface area contributed by atoms with Gasteiger partial charge in [-0.25, -0.2) is 0 Å². The van der Waals surface area contributed by atoms with E-state index in [2.05, 4.69) is 47.8 Å². The fourth-order valence-electron chi connectivity index (χ4n) is 7.11. The number of alkyl halides is 1. The number of hydrogen-bond donors (Lipinski definition) is 1. The van der Waals surface area contributed by atoms with Crippen LogP contribution in [0.2, 0.25) is 0 Å². The Morgan fingerprint density at radius 2 is 1.84 bits per heavy atom. The van der Waals surface area contributed by atoms with Crippen LogP contribution >= 0.6 is 15.9 Å². The molecule has 1 aromatic rings. The summed E-state index contributed by atoms with van der Waals surface area (Å²) in [4.78, 5) is 47.6. The topological polar surface area (TPSA) is 99.6 Å². The summed E-state index contributed by atoms with van der Waals surface area (Å²) in [5.74, 6) is -2.87. The minimum Gasteiger partial charge on any atom is -0.465 e. The third kappa shape index (κ3) is 6.02. The number of aliphatic hydroxyl groups is 1. The highest BCUT2D eigenvalue weighted by molar-refractivity contribution is 9.09. The van der Waals surface area contributed by atoms with Gasteiger partial charge in [-0.05, 0) is 70.2 Å². The molecule has 10 heteroatoms. The number of benzene rings is 1. The second-order valence-electron chi connectivity index (χ2n) is 11.5. The van der Waals surface area contributed by atoms with Gasteiger partial charge >= 0.3 is 5.97 Å². The zero-order chi connectivity index (χ0) is 31.3. The van der Waals surface area contributed by atoms with Crippen LogP contribution in [-0.2, 0) is 23.9 Å². The molecule has 3 fully saturated rings. The van der Waals surface area contributed by atoms with E-state index < -0.39 is 41.6 Å². The first-order chi connectivity index (χ1) is 20.7. The zero-order valence-corrected chi connectivity index (χ0v) is 27.2. The lowest BCUT2D eigenvalue weighted by Crippen LogP contribution is -2.59. The average Bonchev–Trinajstić information content (AvgIpc) is 3.60. The van der Waals surface area contributed by atoms with E-state index in [0.29, 0.717) is 24.9 Å². The van der Waals surface area contributed by atoms with Gasteiger partial charge in [0.1, 0.15) is 11.6 Å². The quantitative estimate of drug-likeness (QED) is 0.121. The minimum atomic E-state index is -1.23. The minimum absolute atomic E-state index is 0.218. The van der Waals surface area contributed by atoms with Crippen molar-refractivity contribution in [1.29, 1.82) is 0 Å². The molecule has 0 aromatic heterocycles. The van der Waals surface area contributed by atoms with Crippen LogP contribution in [0.4, 0.5) is 11.4 Å². The maximum Gasteiger partial charge on any atom is 0.312 e. The molecule has 4 rings (SSSR count). The summed E-state index contributed by atoms with van der Waals surface area (Å²) in [6.45, 7) is 15.5. The van der Waals surface area contributed by atoms with Crippen molar-refractivity contribution in [2.45, 2.75) is 81.5 Å². The normalized spacial score (nSPS) is 28.0. The Kier molecular flexibility index (Phi) is 11.1. The first kappa shape index (κ1) is 33.2. The summed E-state index contributed by atoms with van der Waals surface area (Å²) in [5.41, 5.74) is 0.486. The molecular weight excluding hydrogens is 614 g/mol. The molecule has 7 atom stereocenters. The number of unbranched alkanes of at least 4 members (excludes halogenated alkanes) is 2. The lowest BCUT2D eigenvalue weighted by atomic mass is 9.70. The van der Waals surface area contributed by atoms with Gasteiger partial charge in [0.05, 0.1) is 37.2 Å². The molecule has 3 heterocycles. The van der Waals surface area contributed by atoms with Gasteiger partial charge in [-0.2, -0.15) is 0 Å². The highest BCUT2D eigenvalue weighted by Gasteiger charge is 2.77. The molecule has 9 nitrogen and oxygen atoms in total. The molecule has 2 bridgehead atoms. The number of allylic oxidation sites excluding steroid dienone is 1. The fourth-order valence-corrected chi connectivity index (χ4v) is 8.06. The number of rotatable bonds is 16. The fraction of sp³-hybridized carbons (Fsp3) is 0.606. The molecule has 2 amide bonds. The van der Waals surface area contributed by atoms with Crippen molar-refractivity contribution in [2.24, 2.45) is 11.8 Å². The van der Waals surface area contributed by atoms with Crippen molar-refractivity contribution in [1.82, 2.24) is 4.90 Å². The van der Waals surface area contributed by atoms with Crippen LogP contribution < -0.4 is 9.80 Å². The van der Waals surface area contributed by atoms with Gasteiger partial charge < -0.3 is 29.3 Å². The summed E-state index contributed by atoms with van der Waals surface area (Å²) >= 11 is 3.70. The Balaban J connectivity index is 1.71. The average molecular weight is 661 g/mol. The summed E-state index contributed by atoms with van der Waals surface area (Å²) in [7, 11) is 0. The molecule has 1 N–H and O–H groups in total. The SMILES string of the molecule is C=CCCCCOC(=O)[C@H]1[C@H]2C(=O)N([C@@H](CC)CO)C(C(=O)N(CC=C)c3ccc(N(CC)CC)cc3)C23CC(Br)[C@@H]1O3. The maximum atomic E-state index is 14.7. The van der Waals surface area contributed by atoms with Crippen LogP contribution in [0.3, 0.4) is 0 Å². The zero-order valence-electron chi connectivity index (χ0n) is 25.6. The van der Waals surface area contributed by atoms with Crippen LogP contribution in [0.5, 0.6) is 0 Å². The van der Waals surface area contributed by atoms with Crippen molar-refractivity contribution < 1.29 is 29.0 Å². The third-order valence-corrected chi connectivity index (χ3v) is 10.1. The Morgan fingerprint density at radius 1 is 1.16 bits per heavy atom. The van der Waals surface area contributed by atoms with Crippen molar-refractivity contribution in [2.75, 3.05) is 42.6 Å². The largest absolute Gasteiger partial charge is 0.465 e.